The van der Waals surface area contributed by atoms with Crippen LogP contribution in [0.1, 0.15) is 13.8 Å². The smallest absolute Gasteiger partial charge is 0.338 e. The fourth-order valence-corrected chi connectivity index (χ4v) is 1.43. The van der Waals surface area contributed by atoms with Gasteiger partial charge >= 0.3 is 12.0 Å². The van der Waals surface area contributed by atoms with Gasteiger partial charge in [0, 0.05) is 13.1 Å². The van der Waals surface area contributed by atoms with Gasteiger partial charge in [0.15, 0.2) is 6.61 Å². The van der Waals surface area contributed by atoms with E-state index in [0.717, 1.165) is 6.54 Å². The molecule has 0 fully saturated rings. The van der Waals surface area contributed by atoms with Crippen LogP contribution in [0.2, 0.25) is 0 Å². The zero-order chi connectivity index (χ0) is 13.5. The van der Waals surface area contributed by atoms with E-state index in [-0.39, 0.29) is 5.41 Å². The molecule has 7 heteroatoms. The molecule has 0 rings (SSSR count). The lowest BCUT2D eigenvalue weighted by molar-refractivity contribution is -0.144. The molecule has 0 aromatic heterocycles. The molecule has 17 heavy (non-hydrogen) atoms. The molecule has 0 heterocycles. The minimum absolute atomic E-state index is 0.0758. The summed E-state index contributed by atoms with van der Waals surface area (Å²) >= 11 is 0. The van der Waals surface area contributed by atoms with Crippen LogP contribution < -0.4 is 10.8 Å². The Kier molecular flexibility index (Phi) is 6.52. The Labute approximate surface area is 101 Å². The van der Waals surface area contributed by atoms with E-state index in [0.29, 0.717) is 6.54 Å². The Bertz CT molecular complexity index is 266. The monoisotopic (exact) mass is 247 g/mol. The van der Waals surface area contributed by atoms with Crippen LogP contribution in [0.4, 0.5) is 4.79 Å². The number of hydroxylamine groups is 1. The number of amides is 2. The first kappa shape index (κ1) is 15.7. The Morgan fingerprint density at radius 2 is 1.94 bits per heavy atom. The van der Waals surface area contributed by atoms with Crippen LogP contribution in [-0.4, -0.2) is 55.8 Å². The molecule has 0 aromatic carbocycles. The molecular weight excluding hydrogens is 226 g/mol. The highest BCUT2D eigenvalue weighted by atomic mass is 16.7. The van der Waals surface area contributed by atoms with Crippen molar-refractivity contribution >= 4 is 12.0 Å². The second kappa shape index (κ2) is 7.08. The first-order valence-corrected chi connectivity index (χ1v) is 5.25. The molecule has 0 aromatic rings. The lowest BCUT2D eigenvalue weighted by Gasteiger charge is -2.28. The molecule has 3 N–H and O–H groups in total. The number of carbonyl (C=O) groups is 2. The highest BCUT2D eigenvalue weighted by Crippen LogP contribution is 2.13. The molecule has 7 nitrogen and oxygen atoms in total. The third-order valence-corrected chi connectivity index (χ3v) is 1.83. The van der Waals surface area contributed by atoms with E-state index < -0.39 is 18.6 Å². The average molecular weight is 247 g/mol. The average Bonchev–Trinajstić information content (AvgIpc) is 2.12. The third kappa shape index (κ3) is 9.58. The van der Waals surface area contributed by atoms with Gasteiger partial charge in [-0.25, -0.2) is 15.1 Å². The summed E-state index contributed by atoms with van der Waals surface area (Å²) in [6.45, 7) is 4.77. The van der Waals surface area contributed by atoms with Crippen molar-refractivity contribution in [3.63, 3.8) is 0 Å². The summed E-state index contributed by atoms with van der Waals surface area (Å²) in [7, 11) is 3.91. The van der Waals surface area contributed by atoms with Gasteiger partial charge in [-0.15, -0.1) is 0 Å². The molecule has 0 saturated carbocycles. The van der Waals surface area contributed by atoms with Gasteiger partial charge < -0.3 is 15.3 Å². The molecule has 2 amide bonds. The zero-order valence-corrected chi connectivity index (χ0v) is 10.7. The number of urea groups is 1. The third-order valence-electron chi connectivity index (χ3n) is 1.83. The Morgan fingerprint density at radius 3 is 2.41 bits per heavy atom. The number of rotatable bonds is 7. The van der Waals surface area contributed by atoms with Crippen LogP contribution >= 0.6 is 0 Å². The Morgan fingerprint density at radius 1 is 1.35 bits per heavy atom. The maximum absolute atomic E-state index is 11.2. The highest BCUT2D eigenvalue weighted by molar-refractivity contribution is 5.73. The molecule has 0 aliphatic rings. The van der Waals surface area contributed by atoms with Gasteiger partial charge in [-0.2, -0.15) is 0 Å². The second-order valence-electron chi connectivity index (χ2n) is 4.87. The summed E-state index contributed by atoms with van der Waals surface area (Å²) in [5.41, 5.74) is 1.92. The molecule has 0 saturated heterocycles. The predicted molar refractivity (Wildman–Crippen MR) is 62.5 cm³/mol. The fraction of sp³-hybridized carbons (Fsp3) is 0.800. The minimum Gasteiger partial charge on any atom is -0.479 e. The predicted octanol–water partition coefficient (Wildman–Crippen LogP) is -0.110. The van der Waals surface area contributed by atoms with E-state index in [1.807, 2.05) is 38.3 Å². The number of nitrogens with zero attached hydrogens (tertiary/aromatic N) is 1. The van der Waals surface area contributed by atoms with E-state index in [9.17, 15) is 9.59 Å². The van der Waals surface area contributed by atoms with E-state index in [1.54, 1.807) is 0 Å². The summed E-state index contributed by atoms with van der Waals surface area (Å²) < 4.78 is 0. The van der Waals surface area contributed by atoms with Crippen LogP contribution in [0, 0.1) is 5.41 Å². The first-order chi connectivity index (χ1) is 7.73. The van der Waals surface area contributed by atoms with Crippen LogP contribution in [0.5, 0.6) is 0 Å². The summed E-state index contributed by atoms with van der Waals surface area (Å²) in [5, 5.41) is 10.9. The van der Waals surface area contributed by atoms with E-state index >= 15 is 0 Å². The number of nitrogens with one attached hydrogen (secondary N) is 2. The summed E-state index contributed by atoms with van der Waals surface area (Å²) in [6.07, 6.45) is 0. The summed E-state index contributed by atoms with van der Waals surface area (Å²) in [6, 6.07) is -0.543. The van der Waals surface area contributed by atoms with E-state index in [4.69, 9.17) is 5.11 Å². The van der Waals surface area contributed by atoms with Gasteiger partial charge in [0.1, 0.15) is 0 Å². The van der Waals surface area contributed by atoms with E-state index in [1.165, 1.54) is 0 Å². The van der Waals surface area contributed by atoms with Gasteiger partial charge in [0.25, 0.3) is 0 Å². The molecule has 100 valence electrons. The largest absolute Gasteiger partial charge is 0.479 e. The quantitative estimate of drug-likeness (QED) is 0.546. The van der Waals surface area contributed by atoms with Crippen molar-refractivity contribution in [3.8, 4) is 0 Å². The number of hydrogen-bond acceptors (Lipinski definition) is 4. The number of hydrogen-bond donors (Lipinski definition) is 3. The number of aliphatic carboxylic acids is 1. The first-order valence-electron chi connectivity index (χ1n) is 5.25. The number of carbonyl (C=O) groups excluding carboxylic acids is 1. The standard InChI is InChI=1S/C10H21N3O4/c1-10(2,7-13(3)4)6-11-9(16)12-17-5-8(14)15/h5-7H2,1-4H3,(H,14,15)(H2,11,12,16). The van der Waals surface area contributed by atoms with Crippen molar-refractivity contribution in [3.05, 3.63) is 0 Å². The van der Waals surface area contributed by atoms with Crippen molar-refractivity contribution in [2.45, 2.75) is 13.8 Å². The zero-order valence-electron chi connectivity index (χ0n) is 10.7. The molecule has 0 bridgehead atoms. The number of carboxylic acid groups (broad SMARTS) is 1. The number of carboxylic acids is 1. The van der Waals surface area contributed by atoms with Crippen molar-refractivity contribution in [1.29, 1.82) is 0 Å². The van der Waals surface area contributed by atoms with Gasteiger partial charge in [0.05, 0.1) is 0 Å². The van der Waals surface area contributed by atoms with Gasteiger partial charge in [-0.3, -0.25) is 4.84 Å². The fourth-order valence-electron chi connectivity index (χ4n) is 1.43. The molecule has 0 unspecified atom stereocenters. The van der Waals surface area contributed by atoms with Crippen LogP contribution in [0.15, 0.2) is 0 Å². The van der Waals surface area contributed by atoms with Crippen molar-refractivity contribution in [1.82, 2.24) is 15.7 Å². The van der Waals surface area contributed by atoms with Gasteiger partial charge in [-0.1, -0.05) is 13.8 Å². The molecule has 0 aliphatic carbocycles. The second-order valence-corrected chi connectivity index (χ2v) is 4.87. The van der Waals surface area contributed by atoms with Crippen molar-refractivity contribution < 1.29 is 19.5 Å². The molecule has 0 aliphatic heterocycles. The normalized spacial score (nSPS) is 11.4. The lowest BCUT2D eigenvalue weighted by atomic mass is 9.93. The minimum atomic E-state index is -1.14. The van der Waals surface area contributed by atoms with Crippen molar-refractivity contribution in [2.75, 3.05) is 33.8 Å². The molecule has 0 radical (unpaired) electrons. The van der Waals surface area contributed by atoms with E-state index in [2.05, 4.69) is 10.2 Å². The Balaban J connectivity index is 3.79. The maximum atomic E-state index is 11.2. The van der Waals surface area contributed by atoms with Crippen LogP contribution in [-0.2, 0) is 9.63 Å². The van der Waals surface area contributed by atoms with Crippen molar-refractivity contribution in [2.24, 2.45) is 5.41 Å². The summed E-state index contributed by atoms with van der Waals surface area (Å²) in [5.74, 6) is -1.14. The highest BCUT2D eigenvalue weighted by Gasteiger charge is 2.19. The lowest BCUT2D eigenvalue weighted by Crippen LogP contribution is -2.44. The van der Waals surface area contributed by atoms with Gasteiger partial charge in [0.2, 0.25) is 0 Å². The molecule has 0 atom stereocenters. The maximum Gasteiger partial charge on any atom is 0.338 e. The summed E-state index contributed by atoms with van der Waals surface area (Å²) in [4.78, 5) is 27.8. The SMILES string of the molecule is CN(C)CC(C)(C)CNC(=O)NOCC(=O)O. The van der Waals surface area contributed by atoms with Crippen LogP contribution in [0.25, 0.3) is 0 Å². The van der Waals surface area contributed by atoms with Gasteiger partial charge in [-0.05, 0) is 19.5 Å². The molecular formula is C10H21N3O4. The topological polar surface area (TPSA) is 90.9 Å². The van der Waals surface area contributed by atoms with Crippen LogP contribution in [0.3, 0.4) is 0 Å². The molecule has 0 spiro atoms. The Hall–Kier alpha value is -1.34.